The maximum atomic E-state index is 12.8. The highest BCUT2D eigenvalue weighted by atomic mass is 32.2. The lowest BCUT2D eigenvalue weighted by Gasteiger charge is -2.12. The van der Waals surface area contributed by atoms with Gasteiger partial charge in [-0.15, -0.1) is 0 Å². The van der Waals surface area contributed by atoms with Crippen LogP contribution >= 0.6 is 0 Å². The molecule has 2 heterocycles. The number of H-pyrrole nitrogens is 1. The van der Waals surface area contributed by atoms with Gasteiger partial charge < -0.3 is 10.3 Å². The van der Waals surface area contributed by atoms with Gasteiger partial charge in [0.2, 0.25) is 0 Å². The summed E-state index contributed by atoms with van der Waals surface area (Å²) < 4.78 is 61.9. The molecule has 3 aromatic rings. The lowest BCUT2D eigenvalue weighted by molar-refractivity contribution is -0.0438. The Labute approximate surface area is 158 Å². The van der Waals surface area contributed by atoms with E-state index in [4.69, 9.17) is 0 Å². The van der Waals surface area contributed by atoms with Gasteiger partial charge in [-0.05, 0) is 49.2 Å². The van der Waals surface area contributed by atoms with Crippen LogP contribution in [0.2, 0.25) is 0 Å². The lowest BCUT2D eigenvalue weighted by Crippen LogP contribution is -2.30. The van der Waals surface area contributed by atoms with Crippen LogP contribution in [0.1, 0.15) is 27.2 Å². The monoisotopic (exact) mass is 411 g/mol. The fourth-order valence-electron chi connectivity index (χ4n) is 2.78. The topological polar surface area (TPSA) is 91.9 Å². The molecule has 0 aliphatic rings. The number of rotatable bonds is 4. The third-order valence-corrected chi connectivity index (χ3v) is 5.84. The summed E-state index contributed by atoms with van der Waals surface area (Å²) in [6, 6.07) is 7.63. The van der Waals surface area contributed by atoms with E-state index in [0.29, 0.717) is 5.56 Å². The van der Waals surface area contributed by atoms with Crippen molar-refractivity contribution in [3.63, 3.8) is 0 Å². The Hall–Kier alpha value is -2.88. The molecule has 1 amide bonds. The van der Waals surface area contributed by atoms with Gasteiger partial charge in [0, 0.05) is 29.3 Å². The van der Waals surface area contributed by atoms with Crippen LogP contribution in [0.4, 0.5) is 13.2 Å². The van der Waals surface area contributed by atoms with Crippen LogP contribution in [-0.2, 0) is 16.4 Å². The van der Waals surface area contributed by atoms with Gasteiger partial charge in [-0.3, -0.25) is 4.79 Å². The van der Waals surface area contributed by atoms with Crippen molar-refractivity contribution in [3.8, 4) is 0 Å². The molecule has 0 atom stereocenters. The first-order chi connectivity index (χ1) is 13.0. The number of sulfone groups is 1. The first-order valence-electron chi connectivity index (χ1n) is 8.14. The summed E-state index contributed by atoms with van der Waals surface area (Å²) in [7, 11) is -5.74. The number of amides is 1. The molecule has 2 aromatic heterocycles. The molecule has 0 spiro atoms. The largest absolute Gasteiger partial charge is 0.503 e. The normalized spacial score (nSPS) is 12.3. The Morgan fingerprint density at radius 3 is 2.61 bits per heavy atom. The third-order valence-electron chi connectivity index (χ3n) is 4.40. The number of benzene rings is 1. The van der Waals surface area contributed by atoms with E-state index >= 15 is 0 Å². The number of halogens is 3. The van der Waals surface area contributed by atoms with Gasteiger partial charge in [0.1, 0.15) is 0 Å². The number of hydrogen-bond acceptors (Lipinski definition) is 4. The minimum atomic E-state index is -5.74. The molecule has 3 rings (SSSR count). The first-order valence-corrected chi connectivity index (χ1v) is 9.63. The van der Waals surface area contributed by atoms with E-state index in [-0.39, 0.29) is 6.54 Å². The Bertz CT molecular complexity index is 1170. The highest BCUT2D eigenvalue weighted by Gasteiger charge is 2.49. The average molecular weight is 411 g/mol. The number of nitrogens with zero attached hydrogens (tertiary/aromatic N) is 1. The highest BCUT2D eigenvalue weighted by molar-refractivity contribution is 7.92. The number of aromatic amines is 1. The number of carbonyl (C=O) groups excluding carboxylic acids is 1. The van der Waals surface area contributed by atoms with Crippen LogP contribution in [0.5, 0.6) is 0 Å². The zero-order chi connectivity index (χ0) is 20.7. The zero-order valence-electron chi connectivity index (χ0n) is 14.9. The van der Waals surface area contributed by atoms with Crippen molar-refractivity contribution in [1.29, 1.82) is 0 Å². The maximum Gasteiger partial charge on any atom is 0.503 e. The molecule has 0 radical (unpaired) electrons. The standard InChI is InChI=1S/C18H16F3N3O3S/c1-10-11(2)24-15-6-5-12(8-14(10)15)9-23-16(25)13-4-3-7-22-17(13)28(26,27)18(19,20)21/h3-8,24H,9H2,1-2H3,(H,23,25). The second kappa shape index (κ2) is 6.93. The van der Waals surface area contributed by atoms with E-state index in [1.54, 1.807) is 6.07 Å². The molecule has 0 unspecified atom stereocenters. The summed E-state index contributed by atoms with van der Waals surface area (Å²) in [4.78, 5) is 18.8. The molecule has 0 aliphatic carbocycles. The van der Waals surface area contributed by atoms with Gasteiger partial charge in [-0.2, -0.15) is 13.2 Å². The van der Waals surface area contributed by atoms with Gasteiger partial charge in [0.05, 0.1) is 5.56 Å². The van der Waals surface area contributed by atoms with E-state index in [1.807, 2.05) is 26.0 Å². The molecule has 0 bridgehead atoms. The molecule has 0 aliphatic heterocycles. The molecular formula is C18H16F3N3O3S. The molecule has 0 fully saturated rings. The quantitative estimate of drug-likeness (QED) is 0.688. The highest BCUT2D eigenvalue weighted by Crippen LogP contribution is 2.30. The van der Waals surface area contributed by atoms with E-state index in [2.05, 4.69) is 15.3 Å². The van der Waals surface area contributed by atoms with Crippen molar-refractivity contribution < 1.29 is 26.4 Å². The van der Waals surface area contributed by atoms with Gasteiger partial charge in [0.15, 0.2) is 5.03 Å². The van der Waals surface area contributed by atoms with Crippen LogP contribution in [0.15, 0.2) is 41.6 Å². The van der Waals surface area contributed by atoms with Crippen molar-refractivity contribution in [2.24, 2.45) is 0 Å². The molecular weight excluding hydrogens is 395 g/mol. The van der Waals surface area contributed by atoms with Crippen LogP contribution in [-0.4, -0.2) is 29.8 Å². The SMILES string of the molecule is Cc1[nH]c2ccc(CNC(=O)c3cccnc3S(=O)(=O)C(F)(F)F)cc2c1C. The predicted molar refractivity (Wildman–Crippen MR) is 96.4 cm³/mol. The molecule has 28 heavy (non-hydrogen) atoms. The van der Waals surface area contributed by atoms with Crippen molar-refractivity contribution in [2.75, 3.05) is 0 Å². The van der Waals surface area contributed by atoms with Crippen LogP contribution < -0.4 is 5.32 Å². The number of hydrogen-bond donors (Lipinski definition) is 2. The number of aryl methyl sites for hydroxylation is 2. The summed E-state index contributed by atoms with van der Waals surface area (Å²) in [6.07, 6.45) is 0.889. The fraction of sp³-hybridized carbons (Fsp3) is 0.222. The summed E-state index contributed by atoms with van der Waals surface area (Å²) in [6.45, 7) is 3.89. The van der Waals surface area contributed by atoms with Crippen LogP contribution in [0, 0.1) is 13.8 Å². The third kappa shape index (κ3) is 3.47. The van der Waals surface area contributed by atoms with Crippen LogP contribution in [0.3, 0.4) is 0 Å². The summed E-state index contributed by atoms with van der Waals surface area (Å²) in [5.41, 5.74) is -2.51. The van der Waals surface area contributed by atoms with Gasteiger partial charge in [-0.1, -0.05) is 6.07 Å². The van der Waals surface area contributed by atoms with Crippen molar-refractivity contribution in [3.05, 3.63) is 58.9 Å². The summed E-state index contributed by atoms with van der Waals surface area (Å²) in [5.74, 6) is -0.960. The Morgan fingerprint density at radius 1 is 1.21 bits per heavy atom. The molecule has 10 heteroatoms. The van der Waals surface area contributed by atoms with Crippen molar-refractivity contribution in [2.45, 2.75) is 30.9 Å². The number of aromatic nitrogens is 2. The fourth-order valence-corrected chi connectivity index (χ4v) is 3.65. The second-order valence-electron chi connectivity index (χ2n) is 6.24. The van der Waals surface area contributed by atoms with E-state index in [0.717, 1.165) is 34.4 Å². The number of fused-ring (bicyclic) bond motifs is 1. The zero-order valence-corrected chi connectivity index (χ0v) is 15.7. The van der Waals surface area contributed by atoms with Crippen molar-refractivity contribution in [1.82, 2.24) is 15.3 Å². The first kappa shape index (κ1) is 19.9. The Kier molecular flexibility index (Phi) is 4.92. The number of carbonyl (C=O) groups is 1. The van der Waals surface area contributed by atoms with Gasteiger partial charge in [-0.25, -0.2) is 13.4 Å². The molecule has 0 saturated carbocycles. The number of pyridine rings is 1. The van der Waals surface area contributed by atoms with Gasteiger partial charge >= 0.3 is 5.51 Å². The molecule has 2 N–H and O–H groups in total. The molecule has 148 valence electrons. The lowest BCUT2D eigenvalue weighted by atomic mass is 10.1. The van der Waals surface area contributed by atoms with E-state index < -0.39 is 31.8 Å². The predicted octanol–water partition coefficient (Wildman–Crippen LogP) is 3.40. The van der Waals surface area contributed by atoms with E-state index in [9.17, 15) is 26.4 Å². The average Bonchev–Trinajstić information content (AvgIpc) is 2.92. The number of alkyl halides is 3. The van der Waals surface area contributed by atoms with Gasteiger partial charge in [0.25, 0.3) is 15.7 Å². The molecule has 0 saturated heterocycles. The van der Waals surface area contributed by atoms with E-state index in [1.165, 1.54) is 6.07 Å². The number of nitrogens with one attached hydrogen (secondary N) is 2. The minimum Gasteiger partial charge on any atom is -0.358 e. The molecule has 1 aromatic carbocycles. The van der Waals surface area contributed by atoms with Crippen LogP contribution in [0.25, 0.3) is 10.9 Å². The summed E-state index contributed by atoms with van der Waals surface area (Å²) >= 11 is 0. The van der Waals surface area contributed by atoms with Crippen molar-refractivity contribution >= 4 is 26.6 Å². The smallest absolute Gasteiger partial charge is 0.358 e. The maximum absolute atomic E-state index is 12.8. The Balaban J connectivity index is 1.86. The second-order valence-corrected chi connectivity index (χ2v) is 8.10. The molecule has 6 nitrogen and oxygen atoms in total. The summed E-state index contributed by atoms with van der Waals surface area (Å²) in [5, 5.41) is 2.10. The minimum absolute atomic E-state index is 0.0127. The Morgan fingerprint density at radius 2 is 1.93 bits per heavy atom.